The molecule has 8 nitrogen and oxygen atoms in total. The summed E-state index contributed by atoms with van der Waals surface area (Å²) in [6.45, 7) is 1.21. The Hall–Kier alpha value is -2.09. The fourth-order valence-corrected chi connectivity index (χ4v) is 4.64. The molecule has 3 N–H and O–H groups in total. The van der Waals surface area contributed by atoms with E-state index in [2.05, 4.69) is 5.32 Å². The minimum absolute atomic E-state index is 0.210. The van der Waals surface area contributed by atoms with Crippen LogP contribution in [0, 0.1) is 11.8 Å². The Morgan fingerprint density at radius 2 is 1.76 bits per heavy atom. The fourth-order valence-electron chi connectivity index (χ4n) is 4.64. The Balaban J connectivity index is 1.45. The van der Waals surface area contributed by atoms with Gasteiger partial charge in [-0.25, -0.2) is 0 Å². The molecule has 1 aliphatic heterocycles. The van der Waals surface area contributed by atoms with E-state index in [1.54, 1.807) is 4.90 Å². The maximum absolute atomic E-state index is 12.7. The van der Waals surface area contributed by atoms with Gasteiger partial charge in [0.05, 0.1) is 6.10 Å². The van der Waals surface area contributed by atoms with Crippen molar-refractivity contribution in [3.05, 3.63) is 11.3 Å². The molecule has 8 heteroatoms. The first-order chi connectivity index (χ1) is 13.9. The van der Waals surface area contributed by atoms with E-state index in [1.807, 2.05) is 0 Å². The van der Waals surface area contributed by atoms with Gasteiger partial charge in [0.25, 0.3) is 11.8 Å². The number of carboxylic acids is 1. The summed E-state index contributed by atoms with van der Waals surface area (Å²) in [6, 6.07) is 0. The molecule has 3 rings (SSSR count). The second kappa shape index (κ2) is 10.1. The summed E-state index contributed by atoms with van der Waals surface area (Å²) < 4.78 is 6.11. The van der Waals surface area contributed by atoms with Crippen molar-refractivity contribution < 1.29 is 29.3 Å². The van der Waals surface area contributed by atoms with E-state index in [-0.39, 0.29) is 17.8 Å². The average Bonchev–Trinajstić information content (AvgIpc) is 3.22. The molecule has 1 heterocycles. The molecular formula is C21H32N2O6. The van der Waals surface area contributed by atoms with Crippen molar-refractivity contribution in [1.29, 1.82) is 0 Å². The van der Waals surface area contributed by atoms with Gasteiger partial charge in [-0.05, 0) is 50.4 Å². The molecule has 0 saturated heterocycles. The molecule has 0 aromatic rings. The topological polar surface area (TPSA) is 116 Å². The lowest BCUT2D eigenvalue weighted by Gasteiger charge is -2.35. The zero-order valence-corrected chi connectivity index (χ0v) is 16.9. The number of carbonyl (C=O) groups excluding carboxylic acids is 2. The number of rotatable bonds is 8. The van der Waals surface area contributed by atoms with E-state index >= 15 is 0 Å². The molecule has 29 heavy (non-hydrogen) atoms. The van der Waals surface area contributed by atoms with Crippen molar-refractivity contribution in [3.63, 3.8) is 0 Å². The average molecular weight is 408 g/mol. The second-order valence-corrected chi connectivity index (χ2v) is 8.53. The number of aliphatic hydroxyl groups excluding tert-OH is 1. The summed E-state index contributed by atoms with van der Waals surface area (Å²) in [6.07, 6.45) is 9.69. The smallest absolute Gasteiger partial charge is 0.322 e. The summed E-state index contributed by atoms with van der Waals surface area (Å²) in [5.74, 6) is -1.74. The summed E-state index contributed by atoms with van der Waals surface area (Å²) in [4.78, 5) is 37.0. The summed E-state index contributed by atoms with van der Waals surface area (Å²) >= 11 is 0. The number of ether oxygens (including phenoxy) is 1. The molecule has 0 unspecified atom stereocenters. The number of aliphatic carboxylic acids is 1. The van der Waals surface area contributed by atoms with Gasteiger partial charge in [0, 0.05) is 26.1 Å². The lowest BCUT2D eigenvalue weighted by molar-refractivity contribution is -0.138. The molecule has 0 radical (unpaired) electrons. The van der Waals surface area contributed by atoms with Crippen LogP contribution in [0.2, 0.25) is 0 Å². The Morgan fingerprint density at radius 3 is 2.41 bits per heavy atom. The minimum atomic E-state index is -1.20. The quantitative estimate of drug-likeness (QED) is 0.529. The monoisotopic (exact) mass is 408 g/mol. The molecule has 2 fully saturated rings. The maximum Gasteiger partial charge on any atom is 0.322 e. The number of nitrogens with one attached hydrogen (secondary N) is 1. The van der Waals surface area contributed by atoms with Crippen LogP contribution in [0.15, 0.2) is 11.3 Å². The molecule has 0 aromatic carbocycles. The largest absolute Gasteiger partial charge is 0.511 e. The number of aliphatic hydroxyl groups is 1. The van der Waals surface area contributed by atoms with Gasteiger partial charge in [-0.15, -0.1) is 0 Å². The van der Waals surface area contributed by atoms with Gasteiger partial charge >= 0.3 is 5.97 Å². The summed E-state index contributed by atoms with van der Waals surface area (Å²) in [5, 5.41) is 20.8. The lowest BCUT2D eigenvalue weighted by Crippen LogP contribution is -2.45. The van der Waals surface area contributed by atoms with Crippen LogP contribution in [0.1, 0.15) is 57.8 Å². The third-order valence-corrected chi connectivity index (χ3v) is 6.35. The van der Waals surface area contributed by atoms with Gasteiger partial charge in [0.15, 0.2) is 0 Å². The normalized spacial score (nSPS) is 26.1. The number of carboxylic acid groups (broad SMARTS) is 1. The van der Waals surface area contributed by atoms with E-state index in [0.717, 1.165) is 38.2 Å². The minimum Gasteiger partial charge on any atom is -0.511 e. The molecule has 0 aromatic heterocycles. The van der Waals surface area contributed by atoms with Crippen molar-refractivity contribution in [2.75, 3.05) is 26.2 Å². The van der Waals surface area contributed by atoms with Crippen LogP contribution in [-0.4, -0.2) is 65.2 Å². The van der Waals surface area contributed by atoms with E-state index in [0.29, 0.717) is 25.1 Å². The molecule has 3 aliphatic rings. The van der Waals surface area contributed by atoms with E-state index in [1.165, 1.54) is 25.7 Å². The molecule has 162 valence electrons. The van der Waals surface area contributed by atoms with Crippen molar-refractivity contribution in [2.45, 2.75) is 63.9 Å². The van der Waals surface area contributed by atoms with Gasteiger partial charge in [-0.3, -0.25) is 14.4 Å². The van der Waals surface area contributed by atoms with Gasteiger partial charge in [-0.1, -0.05) is 12.8 Å². The second-order valence-electron chi connectivity index (χ2n) is 8.53. The van der Waals surface area contributed by atoms with Crippen LogP contribution in [0.5, 0.6) is 0 Å². The van der Waals surface area contributed by atoms with E-state index < -0.39 is 24.3 Å². The van der Waals surface area contributed by atoms with Crippen molar-refractivity contribution >= 4 is 17.8 Å². The first kappa shape index (κ1) is 21.6. The highest BCUT2D eigenvalue weighted by Crippen LogP contribution is 2.31. The maximum atomic E-state index is 12.7. The van der Waals surface area contributed by atoms with Gasteiger partial charge < -0.3 is 25.2 Å². The van der Waals surface area contributed by atoms with E-state index in [9.17, 15) is 19.5 Å². The number of nitrogens with zero attached hydrogens (tertiary/aromatic N) is 1. The van der Waals surface area contributed by atoms with Gasteiger partial charge in [-0.2, -0.15) is 0 Å². The molecule has 2 saturated carbocycles. The first-order valence-corrected chi connectivity index (χ1v) is 10.8. The van der Waals surface area contributed by atoms with Crippen LogP contribution in [0.3, 0.4) is 0 Å². The van der Waals surface area contributed by atoms with Crippen molar-refractivity contribution in [2.24, 2.45) is 11.8 Å². The molecule has 2 aliphatic carbocycles. The Labute approximate surface area is 171 Å². The Bertz CT molecular complexity index is 648. The van der Waals surface area contributed by atoms with Crippen LogP contribution >= 0.6 is 0 Å². The predicted molar refractivity (Wildman–Crippen MR) is 105 cm³/mol. The van der Waals surface area contributed by atoms with Crippen LogP contribution in [0.4, 0.5) is 0 Å². The predicted octanol–water partition coefficient (Wildman–Crippen LogP) is 2.00. The molecule has 0 bridgehead atoms. The lowest BCUT2D eigenvalue weighted by atomic mass is 9.86. The van der Waals surface area contributed by atoms with Crippen LogP contribution in [0.25, 0.3) is 0 Å². The zero-order chi connectivity index (χ0) is 20.8. The Kier molecular flexibility index (Phi) is 7.52. The number of carbonyl (C=O) groups is 3. The number of amides is 2. The third-order valence-electron chi connectivity index (χ3n) is 6.35. The standard InChI is InChI=1S/C21H32N2O6/c24-17-9-10-23(21(28)19(17)20(27)22-11-18(25)26)12-14-5-7-16(8-6-14)29-13-15-3-1-2-4-15/h14-16,24H,1-13H2,(H,22,27)(H,25,26)/t14-,16-. The van der Waals surface area contributed by atoms with Gasteiger partial charge in [0.2, 0.25) is 0 Å². The zero-order valence-electron chi connectivity index (χ0n) is 16.9. The van der Waals surface area contributed by atoms with Gasteiger partial charge in [0.1, 0.15) is 17.9 Å². The molecule has 0 spiro atoms. The van der Waals surface area contributed by atoms with Crippen LogP contribution < -0.4 is 5.32 Å². The first-order valence-electron chi connectivity index (χ1n) is 10.8. The Morgan fingerprint density at radius 1 is 1.07 bits per heavy atom. The summed E-state index contributed by atoms with van der Waals surface area (Å²) in [5.41, 5.74) is -0.328. The third kappa shape index (κ3) is 5.95. The highest BCUT2D eigenvalue weighted by molar-refractivity contribution is 6.19. The molecular weight excluding hydrogens is 376 g/mol. The summed E-state index contributed by atoms with van der Waals surface area (Å²) in [7, 11) is 0. The van der Waals surface area contributed by atoms with Crippen molar-refractivity contribution in [1.82, 2.24) is 10.2 Å². The number of hydrogen-bond acceptors (Lipinski definition) is 5. The fraction of sp³-hybridized carbons (Fsp3) is 0.762. The van der Waals surface area contributed by atoms with Crippen molar-refractivity contribution in [3.8, 4) is 0 Å². The van der Waals surface area contributed by atoms with Crippen LogP contribution in [-0.2, 0) is 19.1 Å². The highest BCUT2D eigenvalue weighted by atomic mass is 16.5. The highest BCUT2D eigenvalue weighted by Gasteiger charge is 2.34. The number of hydrogen-bond donors (Lipinski definition) is 3. The SMILES string of the molecule is O=C(O)CNC(=O)C1=C(O)CCN(C[C@H]2CC[C@H](OCC3CCCC3)CC2)C1=O. The van der Waals surface area contributed by atoms with E-state index in [4.69, 9.17) is 9.84 Å². The molecule has 2 amide bonds. The molecule has 0 atom stereocenters.